The Morgan fingerprint density at radius 3 is 2.95 bits per heavy atom. The summed E-state index contributed by atoms with van der Waals surface area (Å²) in [5.41, 5.74) is 0. The van der Waals surface area contributed by atoms with Gasteiger partial charge in [-0.2, -0.15) is 0 Å². The van der Waals surface area contributed by atoms with Crippen LogP contribution in [0.15, 0.2) is 4.42 Å². The highest BCUT2D eigenvalue weighted by molar-refractivity contribution is 5.80. The van der Waals surface area contributed by atoms with Gasteiger partial charge >= 0.3 is 6.01 Å². The molecule has 0 aliphatic heterocycles. The Morgan fingerprint density at radius 2 is 2.20 bits per heavy atom. The number of hydrogen-bond acceptors (Lipinski definition) is 7. The molecule has 0 unspecified atom stereocenters. The Balaban J connectivity index is 1.56. The van der Waals surface area contributed by atoms with E-state index in [4.69, 9.17) is 9.15 Å². The zero-order valence-electron chi connectivity index (χ0n) is 11.6. The first-order valence-electron chi connectivity index (χ1n) is 6.83. The molecule has 1 amide bonds. The number of methoxy groups -OCH3 is 1. The van der Waals surface area contributed by atoms with Crippen molar-refractivity contribution in [2.24, 2.45) is 5.92 Å². The second-order valence-electron chi connectivity index (χ2n) is 4.66. The maximum atomic E-state index is 11.4. The Morgan fingerprint density at radius 1 is 1.35 bits per heavy atom. The van der Waals surface area contributed by atoms with Gasteiger partial charge in [0.1, 0.15) is 0 Å². The van der Waals surface area contributed by atoms with E-state index in [-0.39, 0.29) is 11.8 Å². The number of rotatable bonds is 10. The maximum Gasteiger partial charge on any atom is 0.315 e. The van der Waals surface area contributed by atoms with Crippen LogP contribution in [0.25, 0.3) is 0 Å². The fraction of sp³-hybridized carbons (Fsp3) is 0.750. The standard InChI is InChI=1S/C12H21N5O3/c1-19-7-6-13-8-10-16-17-12(20-10)15-5-4-14-11(18)9-2-3-9/h9,13H,2-8H2,1H3,(H,14,18)(H,15,17). The molecule has 3 N–H and O–H groups in total. The van der Waals surface area contributed by atoms with E-state index in [0.29, 0.717) is 38.1 Å². The van der Waals surface area contributed by atoms with Crippen molar-refractivity contribution in [3.63, 3.8) is 0 Å². The number of amides is 1. The third-order valence-electron chi connectivity index (χ3n) is 2.87. The van der Waals surface area contributed by atoms with E-state index >= 15 is 0 Å². The first-order valence-corrected chi connectivity index (χ1v) is 6.83. The Labute approximate surface area is 117 Å². The molecule has 1 aromatic heterocycles. The Bertz CT molecular complexity index is 419. The zero-order valence-corrected chi connectivity index (χ0v) is 11.6. The van der Waals surface area contributed by atoms with Crippen molar-refractivity contribution in [1.29, 1.82) is 0 Å². The van der Waals surface area contributed by atoms with Crippen molar-refractivity contribution in [2.45, 2.75) is 19.4 Å². The molecule has 1 fully saturated rings. The summed E-state index contributed by atoms with van der Waals surface area (Å²) in [5, 5.41) is 16.7. The average Bonchev–Trinajstić information content (AvgIpc) is 3.21. The molecular formula is C12H21N5O3. The molecule has 1 aliphatic carbocycles. The summed E-state index contributed by atoms with van der Waals surface area (Å²) in [6, 6.07) is 0.370. The van der Waals surface area contributed by atoms with Gasteiger partial charge in [0.25, 0.3) is 0 Å². The van der Waals surface area contributed by atoms with Crippen LogP contribution in [0.2, 0.25) is 0 Å². The molecule has 0 aromatic carbocycles. The van der Waals surface area contributed by atoms with Crippen LogP contribution in [0.4, 0.5) is 6.01 Å². The van der Waals surface area contributed by atoms with Gasteiger partial charge in [0, 0.05) is 32.7 Å². The van der Waals surface area contributed by atoms with E-state index in [0.717, 1.165) is 19.4 Å². The van der Waals surface area contributed by atoms with Crippen LogP contribution in [0.5, 0.6) is 0 Å². The predicted molar refractivity (Wildman–Crippen MR) is 72.1 cm³/mol. The van der Waals surface area contributed by atoms with E-state index in [1.807, 2.05) is 0 Å². The second kappa shape index (κ2) is 7.81. The molecule has 0 bridgehead atoms. The van der Waals surface area contributed by atoms with Gasteiger partial charge in [-0.15, -0.1) is 5.10 Å². The summed E-state index contributed by atoms with van der Waals surface area (Å²) in [5.74, 6) is 0.897. The summed E-state index contributed by atoms with van der Waals surface area (Å²) >= 11 is 0. The van der Waals surface area contributed by atoms with Crippen molar-refractivity contribution >= 4 is 11.9 Å². The molecule has 8 nitrogen and oxygen atoms in total. The molecule has 0 atom stereocenters. The number of carbonyl (C=O) groups excluding carboxylic acids is 1. The zero-order chi connectivity index (χ0) is 14.2. The lowest BCUT2D eigenvalue weighted by Crippen LogP contribution is -2.29. The van der Waals surface area contributed by atoms with Crippen molar-refractivity contribution in [2.75, 3.05) is 38.7 Å². The van der Waals surface area contributed by atoms with Crippen LogP contribution < -0.4 is 16.0 Å². The molecule has 1 aliphatic rings. The summed E-state index contributed by atoms with van der Waals surface area (Å²) in [6.07, 6.45) is 2.03. The molecule has 1 aromatic rings. The third kappa shape index (κ3) is 5.14. The number of anilines is 1. The molecule has 2 rings (SSSR count). The van der Waals surface area contributed by atoms with Gasteiger partial charge in [-0.05, 0) is 12.8 Å². The van der Waals surface area contributed by atoms with Crippen LogP contribution in [-0.4, -0.2) is 49.5 Å². The SMILES string of the molecule is COCCNCc1nnc(NCCNC(=O)C2CC2)o1. The first kappa shape index (κ1) is 14.7. The minimum absolute atomic E-state index is 0.139. The number of carbonyl (C=O) groups is 1. The molecule has 0 radical (unpaired) electrons. The lowest BCUT2D eigenvalue weighted by molar-refractivity contribution is -0.122. The summed E-state index contributed by atoms with van der Waals surface area (Å²) in [7, 11) is 1.65. The molecule has 0 spiro atoms. The highest BCUT2D eigenvalue weighted by atomic mass is 16.5. The lowest BCUT2D eigenvalue weighted by atomic mass is 10.4. The summed E-state index contributed by atoms with van der Waals surface area (Å²) in [4.78, 5) is 11.4. The Kier molecular flexibility index (Phi) is 5.75. The van der Waals surface area contributed by atoms with Gasteiger partial charge in [-0.1, -0.05) is 5.10 Å². The number of aromatic nitrogens is 2. The number of hydrogen-bond donors (Lipinski definition) is 3. The highest BCUT2D eigenvalue weighted by Gasteiger charge is 2.28. The highest BCUT2D eigenvalue weighted by Crippen LogP contribution is 2.28. The molecule has 8 heteroatoms. The Hall–Kier alpha value is -1.67. The molecule has 1 heterocycles. The molecule has 112 valence electrons. The fourth-order valence-corrected chi connectivity index (χ4v) is 1.61. The van der Waals surface area contributed by atoms with Crippen molar-refractivity contribution < 1.29 is 13.9 Å². The van der Waals surface area contributed by atoms with Gasteiger partial charge in [-0.25, -0.2) is 0 Å². The van der Waals surface area contributed by atoms with Crippen molar-refractivity contribution in [3.05, 3.63) is 5.89 Å². The average molecular weight is 283 g/mol. The van der Waals surface area contributed by atoms with E-state index in [1.165, 1.54) is 0 Å². The van der Waals surface area contributed by atoms with Gasteiger partial charge in [0.2, 0.25) is 11.8 Å². The smallest absolute Gasteiger partial charge is 0.315 e. The van der Waals surface area contributed by atoms with Crippen LogP contribution in [0.1, 0.15) is 18.7 Å². The minimum Gasteiger partial charge on any atom is -0.407 e. The van der Waals surface area contributed by atoms with Crippen LogP contribution in [-0.2, 0) is 16.1 Å². The number of nitrogens with one attached hydrogen (secondary N) is 3. The topological polar surface area (TPSA) is 101 Å². The maximum absolute atomic E-state index is 11.4. The quantitative estimate of drug-likeness (QED) is 0.509. The molecule has 1 saturated carbocycles. The van der Waals surface area contributed by atoms with E-state index in [1.54, 1.807) is 7.11 Å². The van der Waals surface area contributed by atoms with E-state index in [9.17, 15) is 4.79 Å². The van der Waals surface area contributed by atoms with Crippen LogP contribution in [0.3, 0.4) is 0 Å². The van der Waals surface area contributed by atoms with Crippen molar-refractivity contribution in [1.82, 2.24) is 20.8 Å². The number of nitrogens with zero attached hydrogens (tertiary/aromatic N) is 2. The molecular weight excluding hydrogens is 262 g/mol. The predicted octanol–water partition coefficient (Wildman–Crippen LogP) is -0.256. The molecule has 20 heavy (non-hydrogen) atoms. The van der Waals surface area contributed by atoms with E-state index < -0.39 is 0 Å². The third-order valence-corrected chi connectivity index (χ3v) is 2.87. The van der Waals surface area contributed by atoms with Crippen LogP contribution in [0, 0.1) is 5.92 Å². The largest absolute Gasteiger partial charge is 0.407 e. The van der Waals surface area contributed by atoms with Crippen LogP contribution >= 0.6 is 0 Å². The molecule has 0 saturated heterocycles. The van der Waals surface area contributed by atoms with Gasteiger partial charge in [-0.3, -0.25) is 4.79 Å². The summed E-state index contributed by atoms with van der Waals surface area (Å²) < 4.78 is 10.3. The normalized spacial score (nSPS) is 14.2. The van der Waals surface area contributed by atoms with Gasteiger partial charge in [0.05, 0.1) is 13.2 Å². The monoisotopic (exact) mass is 283 g/mol. The second-order valence-corrected chi connectivity index (χ2v) is 4.66. The van der Waals surface area contributed by atoms with Gasteiger partial charge < -0.3 is 25.1 Å². The fourth-order valence-electron chi connectivity index (χ4n) is 1.61. The number of ether oxygens (including phenoxy) is 1. The minimum atomic E-state index is 0.139. The van der Waals surface area contributed by atoms with Crippen molar-refractivity contribution in [3.8, 4) is 0 Å². The lowest BCUT2D eigenvalue weighted by Gasteiger charge is -2.03. The summed E-state index contributed by atoms with van der Waals surface area (Å²) in [6.45, 7) is 3.00. The van der Waals surface area contributed by atoms with E-state index in [2.05, 4.69) is 26.1 Å². The first-order chi connectivity index (χ1) is 9.79. The van der Waals surface area contributed by atoms with Gasteiger partial charge in [0.15, 0.2) is 0 Å².